The lowest BCUT2D eigenvalue weighted by atomic mass is 10.1. The fraction of sp³-hybridized carbons (Fsp3) is 0.438. The van der Waals surface area contributed by atoms with Crippen LogP contribution in [-0.4, -0.2) is 31.0 Å². The van der Waals surface area contributed by atoms with Gasteiger partial charge in [-0.2, -0.15) is 0 Å². The molecular weight excluding hydrogens is 282 g/mol. The van der Waals surface area contributed by atoms with Crippen molar-refractivity contribution in [1.29, 1.82) is 0 Å². The van der Waals surface area contributed by atoms with Crippen LogP contribution in [0.15, 0.2) is 28.6 Å². The molecule has 0 amide bonds. The average Bonchev–Trinajstić information content (AvgIpc) is 2.84. The molecule has 112 valence electrons. The van der Waals surface area contributed by atoms with Gasteiger partial charge in [-0.3, -0.25) is 0 Å². The van der Waals surface area contributed by atoms with Gasteiger partial charge >= 0.3 is 0 Å². The summed E-state index contributed by atoms with van der Waals surface area (Å²) in [6.45, 7) is 9.75. The molecule has 1 saturated heterocycles. The zero-order chi connectivity index (χ0) is 14.8. The SMILES string of the molecule is Cc1ccc(N=c2scc(C)n2N2CCOCC2)c(C)c1. The van der Waals surface area contributed by atoms with Crippen LogP contribution in [-0.2, 0) is 4.74 Å². The topological polar surface area (TPSA) is 29.8 Å². The Balaban J connectivity index is 2.04. The van der Waals surface area contributed by atoms with Crippen molar-refractivity contribution in [3.8, 4) is 0 Å². The number of benzene rings is 1. The molecule has 0 atom stereocenters. The zero-order valence-electron chi connectivity index (χ0n) is 12.8. The van der Waals surface area contributed by atoms with E-state index in [9.17, 15) is 0 Å². The summed E-state index contributed by atoms with van der Waals surface area (Å²) < 4.78 is 7.67. The Kier molecular flexibility index (Phi) is 4.12. The molecule has 0 N–H and O–H groups in total. The van der Waals surface area contributed by atoms with Gasteiger partial charge in [-0.1, -0.05) is 17.7 Å². The highest BCUT2D eigenvalue weighted by atomic mass is 32.1. The third-order valence-corrected chi connectivity index (χ3v) is 4.62. The first-order valence-electron chi connectivity index (χ1n) is 7.27. The van der Waals surface area contributed by atoms with Gasteiger partial charge in [0.1, 0.15) is 0 Å². The molecule has 4 nitrogen and oxygen atoms in total. The number of hydrogen-bond acceptors (Lipinski definition) is 4. The number of rotatable bonds is 2. The van der Waals surface area contributed by atoms with Gasteiger partial charge in [-0.05, 0) is 32.4 Å². The predicted octanol–water partition coefficient (Wildman–Crippen LogP) is 2.68. The minimum atomic E-state index is 0.783. The summed E-state index contributed by atoms with van der Waals surface area (Å²) >= 11 is 1.69. The molecule has 0 spiro atoms. The lowest BCUT2D eigenvalue weighted by Gasteiger charge is -2.30. The summed E-state index contributed by atoms with van der Waals surface area (Å²) in [5.41, 5.74) is 4.76. The maximum Gasteiger partial charge on any atom is 0.209 e. The molecule has 0 saturated carbocycles. The molecule has 5 heteroatoms. The Morgan fingerprint density at radius 1 is 1.14 bits per heavy atom. The maximum absolute atomic E-state index is 5.45. The molecule has 1 aliphatic rings. The van der Waals surface area contributed by atoms with Crippen LogP contribution in [0.4, 0.5) is 5.69 Å². The molecule has 0 unspecified atom stereocenters. The molecular formula is C16H21N3OS. The van der Waals surface area contributed by atoms with Gasteiger partial charge in [-0.15, -0.1) is 11.3 Å². The van der Waals surface area contributed by atoms with Crippen LogP contribution >= 0.6 is 11.3 Å². The fourth-order valence-corrected chi connectivity index (χ4v) is 3.48. The minimum absolute atomic E-state index is 0.783. The molecule has 0 radical (unpaired) electrons. The number of aromatic nitrogens is 1. The van der Waals surface area contributed by atoms with Crippen molar-refractivity contribution in [3.63, 3.8) is 0 Å². The van der Waals surface area contributed by atoms with Gasteiger partial charge in [0.05, 0.1) is 32.0 Å². The first-order valence-corrected chi connectivity index (χ1v) is 8.15. The number of aryl methyl sites for hydroxylation is 3. The van der Waals surface area contributed by atoms with Crippen molar-refractivity contribution in [2.45, 2.75) is 20.8 Å². The van der Waals surface area contributed by atoms with Gasteiger partial charge in [-0.25, -0.2) is 9.67 Å². The van der Waals surface area contributed by atoms with Gasteiger partial charge in [0.2, 0.25) is 4.80 Å². The summed E-state index contributed by atoms with van der Waals surface area (Å²) in [5.74, 6) is 0. The van der Waals surface area contributed by atoms with Crippen LogP contribution in [0.25, 0.3) is 0 Å². The highest BCUT2D eigenvalue weighted by molar-refractivity contribution is 7.07. The molecule has 1 aromatic heterocycles. The molecule has 1 aliphatic heterocycles. The number of thiazole rings is 1. The molecule has 3 rings (SSSR count). The summed E-state index contributed by atoms with van der Waals surface area (Å²) in [7, 11) is 0. The quantitative estimate of drug-likeness (QED) is 0.854. The standard InChI is InChI=1S/C16H21N3OS/c1-12-4-5-15(13(2)10-12)17-16-19(14(3)11-21-16)18-6-8-20-9-7-18/h4-5,10-11H,6-9H2,1-3H3. The first-order chi connectivity index (χ1) is 10.1. The fourth-order valence-electron chi connectivity index (χ4n) is 2.59. The van der Waals surface area contributed by atoms with Crippen molar-refractivity contribution < 1.29 is 4.74 Å². The Labute approximate surface area is 129 Å². The van der Waals surface area contributed by atoms with E-state index in [-0.39, 0.29) is 0 Å². The van der Waals surface area contributed by atoms with E-state index in [1.807, 2.05) is 0 Å². The second-order valence-electron chi connectivity index (χ2n) is 5.44. The lowest BCUT2D eigenvalue weighted by Crippen LogP contribution is -2.48. The first kappa shape index (κ1) is 14.4. The van der Waals surface area contributed by atoms with E-state index in [0.717, 1.165) is 36.8 Å². The lowest BCUT2D eigenvalue weighted by molar-refractivity contribution is 0.110. The Bertz CT molecular complexity index is 696. The van der Waals surface area contributed by atoms with Crippen molar-refractivity contribution >= 4 is 17.0 Å². The highest BCUT2D eigenvalue weighted by Gasteiger charge is 2.14. The normalized spacial score (nSPS) is 16.5. The third kappa shape index (κ3) is 3.04. The van der Waals surface area contributed by atoms with Crippen LogP contribution in [0.1, 0.15) is 16.8 Å². The highest BCUT2D eigenvalue weighted by Crippen LogP contribution is 2.19. The number of morpholine rings is 1. The van der Waals surface area contributed by atoms with Crippen molar-refractivity contribution in [1.82, 2.24) is 4.68 Å². The minimum Gasteiger partial charge on any atom is -0.378 e. The third-order valence-electron chi connectivity index (χ3n) is 3.69. The van der Waals surface area contributed by atoms with E-state index in [1.165, 1.54) is 16.8 Å². The molecule has 2 heterocycles. The van der Waals surface area contributed by atoms with Crippen LogP contribution in [0.5, 0.6) is 0 Å². The molecule has 2 aromatic rings. The van der Waals surface area contributed by atoms with Gasteiger partial charge < -0.3 is 9.75 Å². The number of ether oxygens (including phenoxy) is 1. The van der Waals surface area contributed by atoms with Gasteiger partial charge in [0, 0.05) is 11.1 Å². The Hall–Kier alpha value is -1.59. The monoisotopic (exact) mass is 303 g/mol. The van der Waals surface area contributed by atoms with Crippen LogP contribution in [0.2, 0.25) is 0 Å². The largest absolute Gasteiger partial charge is 0.378 e. The average molecular weight is 303 g/mol. The van der Waals surface area contributed by atoms with E-state index in [0.29, 0.717) is 0 Å². The molecule has 0 bridgehead atoms. The van der Waals surface area contributed by atoms with E-state index >= 15 is 0 Å². The second-order valence-corrected chi connectivity index (χ2v) is 6.28. The predicted molar refractivity (Wildman–Crippen MR) is 87.0 cm³/mol. The summed E-state index contributed by atoms with van der Waals surface area (Å²) in [6, 6.07) is 6.40. The van der Waals surface area contributed by atoms with Crippen LogP contribution < -0.4 is 9.81 Å². The van der Waals surface area contributed by atoms with Crippen molar-refractivity contribution in [2.75, 3.05) is 31.3 Å². The molecule has 21 heavy (non-hydrogen) atoms. The van der Waals surface area contributed by atoms with E-state index in [1.54, 1.807) is 11.3 Å². The number of nitrogens with zero attached hydrogens (tertiary/aromatic N) is 3. The number of hydrogen-bond donors (Lipinski definition) is 0. The summed E-state index contributed by atoms with van der Waals surface area (Å²) in [4.78, 5) is 5.91. The zero-order valence-corrected chi connectivity index (χ0v) is 13.6. The van der Waals surface area contributed by atoms with Crippen molar-refractivity contribution in [2.24, 2.45) is 4.99 Å². The van der Waals surface area contributed by atoms with E-state index in [2.05, 4.69) is 54.0 Å². The van der Waals surface area contributed by atoms with Crippen molar-refractivity contribution in [3.05, 3.63) is 45.2 Å². The van der Waals surface area contributed by atoms with E-state index < -0.39 is 0 Å². The smallest absolute Gasteiger partial charge is 0.209 e. The Morgan fingerprint density at radius 2 is 1.90 bits per heavy atom. The van der Waals surface area contributed by atoms with E-state index in [4.69, 9.17) is 9.73 Å². The molecule has 1 aromatic carbocycles. The molecule has 1 fully saturated rings. The van der Waals surface area contributed by atoms with Gasteiger partial charge in [0.15, 0.2) is 0 Å². The summed E-state index contributed by atoms with van der Waals surface area (Å²) in [5, 5.41) is 4.48. The Morgan fingerprint density at radius 3 is 2.62 bits per heavy atom. The van der Waals surface area contributed by atoms with Crippen LogP contribution in [0.3, 0.4) is 0 Å². The van der Waals surface area contributed by atoms with Gasteiger partial charge in [0.25, 0.3) is 0 Å². The maximum atomic E-state index is 5.45. The summed E-state index contributed by atoms with van der Waals surface area (Å²) in [6.07, 6.45) is 0. The second kappa shape index (κ2) is 6.03. The molecule has 0 aliphatic carbocycles. The van der Waals surface area contributed by atoms with Crippen LogP contribution in [0, 0.1) is 20.8 Å².